The van der Waals surface area contributed by atoms with Crippen molar-refractivity contribution in [3.8, 4) is 11.1 Å². The van der Waals surface area contributed by atoms with Gasteiger partial charge in [0.05, 0.1) is 12.7 Å². The minimum absolute atomic E-state index is 0.130. The Morgan fingerprint density at radius 2 is 1.79 bits per heavy atom. The van der Waals surface area contributed by atoms with Crippen LogP contribution in [-0.4, -0.2) is 40.5 Å². The number of H-pyrrole nitrogens is 1. The van der Waals surface area contributed by atoms with Crippen molar-refractivity contribution in [3.63, 3.8) is 0 Å². The molecule has 2 heterocycles. The molecule has 3 aromatic rings. The van der Waals surface area contributed by atoms with Crippen LogP contribution in [0, 0.1) is 6.92 Å². The third-order valence-electron chi connectivity index (χ3n) is 5.24. The summed E-state index contributed by atoms with van der Waals surface area (Å²) in [5.41, 5.74) is 6.55. The Balaban J connectivity index is 0.000000236. The molecule has 0 bridgehead atoms. The number of hydrogen-bond donors (Lipinski definition) is 4. The predicted octanol–water partition coefficient (Wildman–Crippen LogP) is 4.14. The van der Waals surface area contributed by atoms with Crippen LogP contribution in [0.1, 0.15) is 38.4 Å². The molecule has 1 saturated heterocycles. The molecule has 28 heavy (non-hydrogen) atoms. The van der Waals surface area contributed by atoms with Crippen LogP contribution in [-0.2, 0) is 5.41 Å². The molecule has 0 amide bonds. The van der Waals surface area contributed by atoms with E-state index in [1.54, 1.807) is 0 Å². The second-order valence-corrected chi connectivity index (χ2v) is 8.76. The van der Waals surface area contributed by atoms with Gasteiger partial charge in [0.25, 0.3) is 0 Å². The molecule has 1 aliphatic rings. The number of benzene rings is 2. The molecule has 4 N–H and O–H groups in total. The van der Waals surface area contributed by atoms with Crippen LogP contribution < -0.4 is 5.32 Å². The van der Waals surface area contributed by atoms with Crippen molar-refractivity contribution >= 4 is 10.9 Å². The van der Waals surface area contributed by atoms with E-state index < -0.39 is 0 Å². The van der Waals surface area contributed by atoms with Gasteiger partial charge in [-0.25, -0.2) is 0 Å². The molecule has 1 aliphatic heterocycles. The van der Waals surface area contributed by atoms with E-state index in [4.69, 9.17) is 10.2 Å². The molecule has 4 rings (SSSR count). The molecule has 1 fully saturated rings. The first-order chi connectivity index (χ1) is 13.3. The van der Waals surface area contributed by atoms with E-state index in [9.17, 15) is 0 Å². The van der Waals surface area contributed by atoms with E-state index in [-0.39, 0.29) is 24.2 Å². The minimum atomic E-state index is -0.243. The topological polar surface area (TPSA) is 68.3 Å². The average Bonchev–Trinajstić information content (AvgIpc) is 3.25. The summed E-state index contributed by atoms with van der Waals surface area (Å²) >= 11 is 0. The molecular weight excluding hydrogens is 348 g/mol. The van der Waals surface area contributed by atoms with Gasteiger partial charge in [0, 0.05) is 29.2 Å². The number of aliphatic hydroxyl groups is 2. The summed E-state index contributed by atoms with van der Waals surface area (Å²) in [6.07, 6.45) is 0.448. The van der Waals surface area contributed by atoms with E-state index in [0.717, 1.165) is 0 Å². The Labute approximate surface area is 167 Å². The fraction of sp³-hybridized carbons (Fsp3) is 0.417. The smallest absolute Gasteiger partial charge is 0.0680 e. The van der Waals surface area contributed by atoms with Crippen molar-refractivity contribution < 1.29 is 10.2 Å². The summed E-state index contributed by atoms with van der Waals surface area (Å²) in [5.74, 6) is 0. The summed E-state index contributed by atoms with van der Waals surface area (Å²) in [7, 11) is 0. The normalized spacial score (nSPS) is 19.5. The molecule has 2 unspecified atom stereocenters. The first-order valence-corrected chi connectivity index (χ1v) is 9.99. The number of aromatic amines is 1. The summed E-state index contributed by atoms with van der Waals surface area (Å²) in [6.45, 7) is 9.63. The zero-order valence-corrected chi connectivity index (χ0v) is 17.3. The number of aryl methyl sites for hydroxylation is 1. The molecule has 2 aromatic carbocycles. The zero-order chi connectivity index (χ0) is 20.3. The maximum absolute atomic E-state index is 8.86. The van der Waals surface area contributed by atoms with Gasteiger partial charge in [-0.2, -0.15) is 0 Å². The Hall–Kier alpha value is -2.14. The zero-order valence-electron chi connectivity index (χ0n) is 17.3. The van der Waals surface area contributed by atoms with Gasteiger partial charge in [-0.3, -0.25) is 0 Å². The van der Waals surface area contributed by atoms with Crippen molar-refractivity contribution in [2.24, 2.45) is 0 Å². The number of fused-ring (bicyclic) bond motifs is 1. The van der Waals surface area contributed by atoms with Crippen molar-refractivity contribution in [2.45, 2.75) is 51.7 Å². The number of hydrogen-bond acceptors (Lipinski definition) is 3. The minimum Gasteiger partial charge on any atom is -0.395 e. The first-order valence-electron chi connectivity index (χ1n) is 9.99. The third kappa shape index (κ3) is 5.02. The second-order valence-electron chi connectivity index (χ2n) is 8.76. The highest BCUT2D eigenvalue weighted by molar-refractivity contribution is 5.85. The Bertz CT molecular complexity index is 924. The maximum Gasteiger partial charge on any atom is 0.0680 e. The number of rotatable bonds is 2. The van der Waals surface area contributed by atoms with E-state index in [2.05, 4.69) is 86.5 Å². The van der Waals surface area contributed by atoms with Crippen molar-refractivity contribution in [1.29, 1.82) is 0 Å². The van der Waals surface area contributed by atoms with Crippen LogP contribution >= 0.6 is 0 Å². The van der Waals surface area contributed by atoms with Crippen LogP contribution in [0.5, 0.6) is 0 Å². The monoisotopic (exact) mass is 380 g/mol. The summed E-state index contributed by atoms with van der Waals surface area (Å²) in [5, 5.41) is 21.6. The van der Waals surface area contributed by atoms with Crippen molar-refractivity contribution in [1.82, 2.24) is 10.3 Å². The molecule has 2 atom stereocenters. The average molecular weight is 381 g/mol. The van der Waals surface area contributed by atoms with Gasteiger partial charge in [0.2, 0.25) is 0 Å². The quantitative estimate of drug-likeness (QED) is 0.540. The largest absolute Gasteiger partial charge is 0.395 e. The number of aliphatic hydroxyl groups excluding tert-OH is 2. The fourth-order valence-electron chi connectivity index (χ4n) is 3.56. The van der Waals surface area contributed by atoms with Crippen molar-refractivity contribution in [3.05, 3.63) is 59.8 Å². The molecule has 0 radical (unpaired) electrons. The van der Waals surface area contributed by atoms with E-state index in [1.165, 1.54) is 33.3 Å². The lowest BCUT2D eigenvalue weighted by molar-refractivity contribution is 0.184. The van der Waals surface area contributed by atoms with Gasteiger partial charge < -0.3 is 20.5 Å². The predicted molar refractivity (Wildman–Crippen MR) is 117 cm³/mol. The lowest BCUT2D eigenvalue weighted by Crippen LogP contribution is -2.24. The van der Waals surface area contributed by atoms with E-state index in [1.807, 2.05) is 0 Å². The molecule has 4 nitrogen and oxygen atoms in total. The summed E-state index contributed by atoms with van der Waals surface area (Å²) < 4.78 is 0. The van der Waals surface area contributed by atoms with Crippen molar-refractivity contribution in [2.75, 3.05) is 13.2 Å². The molecule has 0 aliphatic carbocycles. The van der Waals surface area contributed by atoms with E-state index in [0.29, 0.717) is 13.0 Å². The van der Waals surface area contributed by atoms with Gasteiger partial charge in [-0.15, -0.1) is 0 Å². The first kappa shape index (κ1) is 20.6. The molecule has 4 heteroatoms. The van der Waals surface area contributed by atoms with Gasteiger partial charge in [-0.05, 0) is 53.6 Å². The Morgan fingerprint density at radius 1 is 1.04 bits per heavy atom. The Kier molecular flexibility index (Phi) is 6.23. The molecular formula is C24H32N2O2. The Morgan fingerprint density at radius 3 is 2.39 bits per heavy atom. The highest BCUT2D eigenvalue weighted by Crippen LogP contribution is 2.29. The number of aromatic nitrogens is 1. The lowest BCUT2D eigenvalue weighted by Gasteiger charge is -2.19. The van der Waals surface area contributed by atoms with Gasteiger partial charge in [-0.1, -0.05) is 51.1 Å². The van der Waals surface area contributed by atoms with Crippen LogP contribution in [0.25, 0.3) is 22.0 Å². The molecule has 1 aromatic heterocycles. The van der Waals surface area contributed by atoms with Crippen LogP contribution in [0.3, 0.4) is 0 Å². The number of nitrogens with one attached hydrogen (secondary N) is 2. The van der Waals surface area contributed by atoms with Crippen LogP contribution in [0.15, 0.2) is 48.5 Å². The van der Waals surface area contributed by atoms with Gasteiger partial charge in [0.1, 0.15) is 0 Å². The second kappa shape index (κ2) is 8.48. The molecule has 0 spiro atoms. The highest BCUT2D eigenvalue weighted by Gasteiger charge is 2.20. The SMILES string of the molecule is Cc1cc2cc(-c3cccc(C(C)(C)C)c3)ccc2[nH]1.OCC1CC(O)CN1. The maximum atomic E-state index is 8.86. The molecule has 0 saturated carbocycles. The summed E-state index contributed by atoms with van der Waals surface area (Å²) in [4.78, 5) is 3.37. The highest BCUT2D eigenvalue weighted by atomic mass is 16.3. The van der Waals surface area contributed by atoms with E-state index >= 15 is 0 Å². The van der Waals surface area contributed by atoms with Gasteiger partial charge >= 0.3 is 0 Å². The molecule has 150 valence electrons. The lowest BCUT2D eigenvalue weighted by atomic mass is 9.85. The van der Waals surface area contributed by atoms with Crippen LogP contribution in [0.4, 0.5) is 0 Å². The third-order valence-corrected chi connectivity index (χ3v) is 5.24. The fourth-order valence-corrected chi connectivity index (χ4v) is 3.56. The van der Waals surface area contributed by atoms with Gasteiger partial charge in [0.15, 0.2) is 0 Å². The summed E-state index contributed by atoms with van der Waals surface area (Å²) in [6, 6.07) is 17.8. The number of β-amino-alcohol motifs (C(OH)–C–C–N with tert-alkyl or cyclic N) is 1. The van der Waals surface area contributed by atoms with Crippen LogP contribution in [0.2, 0.25) is 0 Å². The standard InChI is InChI=1S/C19H21N.C5H11NO2/c1-13-10-16-11-15(8-9-18(16)20-13)14-6-5-7-17(12-14)19(2,3)4;7-3-4-1-5(8)2-6-4/h5-12,20H,1-4H3;4-8H,1-3H2.